The molecule has 0 aliphatic carbocycles. The maximum Gasteiger partial charge on any atom is 0.138 e. The summed E-state index contributed by atoms with van der Waals surface area (Å²) in [5.41, 5.74) is 3.22. The first kappa shape index (κ1) is 12.3. The first-order chi connectivity index (χ1) is 7.02. The molecule has 0 aliphatic rings. The second-order valence-electron chi connectivity index (χ2n) is 3.83. The van der Waals surface area contributed by atoms with Crippen LogP contribution in [0.25, 0.3) is 0 Å². The van der Waals surface area contributed by atoms with Gasteiger partial charge in [-0.25, -0.2) is 0 Å². The first-order valence-electron chi connectivity index (χ1n) is 4.97. The van der Waals surface area contributed by atoms with E-state index in [2.05, 4.69) is 0 Å². The molecular weight excluding hydrogens is 212 g/mol. The average molecular weight is 229 g/mol. The number of ether oxygens (including phenoxy) is 1. The van der Waals surface area contributed by atoms with Crippen molar-refractivity contribution in [1.82, 2.24) is 0 Å². The van der Waals surface area contributed by atoms with Crippen LogP contribution in [0.2, 0.25) is 5.02 Å². The van der Waals surface area contributed by atoms with E-state index in [-0.39, 0.29) is 12.5 Å². The summed E-state index contributed by atoms with van der Waals surface area (Å²) in [7, 11) is 1.61. The molecule has 0 saturated carbocycles. The standard InChI is InChI=1S/C12H17ClO2/c1-7-5-10(15-4)12(13)9(3)11(7)8(2)6-14/h5,8,14H,6H2,1-4H3. The molecule has 0 fully saturated rings. The van der Waals surface area contributed by atoms with Crippen molar-refractivity contribution < 1.29 is 9.84 Å². The number of benzene rings is 1. The molecule has 1 N–H and O–H groups in total. The summed E-state index contributed by atoms with van der Waals surface area (Å²) >= 11 is 6.16. The third-order valence-electron chi connectivity index (χ3n) is 2.71. The predicted octanol–water partition coefficient (Wildman–Crippen LogP) is 3.06. The molecular formula is C12H17ClO2. The van der Waals surface area contributed by atoms with Crippen molar-refractivity contribution >= 4 is 11.6 Å². The van der Waals surface area contributed by atoms with E-state index < -0.39 is 0 Å². The van der Waals surface area contributed by atoms with Crippen LogP contribution in [0.5, 0.6) is 5.75 Å². The van der Waals surface area contributed by atoms with Crippen molar-refractivity contribution in [1.29, 1.82) is 0 Å². The molecule has 0 amide bonds. The minimum absolute atomic E-state index is 0.105. The molecule has 0 heterocycles. The highest BCUT2D eigenvalue weighted by Gasteiger charge is 2.16. The Hall–Kier alpha value is -0.730. The largest absolute Gasteiger partial charge is 0.495 e. The molecule has 1 aromatic carbocycles. The lowest BCUT2D eigenvalue weighted by Crippen LogP contribution is -2.05. The van der Waals surface area contributed by atoms with Gasteiger partial charge in [0.2, 0.25) is 0 Å². The molecule has 1 atom stereocenters. The zero-order chi connectivity index (χ0) is 11.6. The fourth-order valence-corrected chi connectivity index (χ4v) is 2.17. The number of aryl methyl sites for hydroxylation is 1. The Morgan fingerprint density at radius 2 is 2.07 bits per heavy atom. The van der Waals surface area contributed by atoms with Crippen molar-refractivity contribution in [2.24, 2.45) is 0 Å². The summed E-state index contributed by atoms with van der Waals surface area (Å²) in [6, 6.07) is 1.91. The van der Waals surface area contributed by atoms with Gasteiger partial charge in [-0.3, -0.25) is 0 Å². The minimum atomic E-state index is 0.105. The number of hydrogen-bond donors (Lipinski definition) is 1. The second kappa shape index (κ2) is 4.86. The van der Waals surface area contributed by atoms with E-state index in [1.54, 1.807) is 7.11 Å². The monoisotopic (exact) mass is 228 g/mol. The van der Waals surface area contributed by atoms with Gasteiger partial charge in [0, 0.05) is 12.5 Å². The molecule has 0 aliphatic heterocycles. The molecule has 1 rings (SSSR count). The maximum atomic E-state index is 9.18. The molecule has 0 aromatic heterocycles. The van der Waals surface area contributed by atoms with Gasteiger partial charge >= 0.3 is 0 Å². The summed E-state index contributed by atoms with van der Waals surface area (Å²) in [5.74, 6) is 0.800. The topological polar surface area (TPSA) is 29.5 Å². The molecule has 0 spiro atoms. The van der Waals surface area contributed by atoms with E-state index in [0.29, 0.717) is 10.8 Å². The van der Waals surface area contributed by atoms with Crippen LogP contribution in [-0.2, 0) is 0 Å². The zero-order valence-electron chi connectivity index (χ0n) is 9.60. The van der Waals surface area contributed by atoms with Gasteiger partial charge in [0.25, 0.3) is 0 Å². The normalized spacial score (nSPS) is 12.7. The van der Waals surface area contributed by atoms with Crippen LogP contribution >= 0.6 is 11.6 Å². The molecule has 2 nitrogen and oxygen atoms in total. The highest BCUT2D eigenvalue weighted by atomic mass is 35.5. The molecule has 0 saturated heterocycles. The van der Waals surface area contributed by atoms with Crippen LogP contribution in [0.3, 0.4) is 0 Å². The Morgan fingerprint density at radius 1 is 1.47 bits per heavy atom. The molecule has 15 heavy (non-hydrogen) atoms. The predicted molar refractivity (Wildman–Crippen MR) is 63.0 cm³/mol. The summed E-state index contributed by atoms with van der Waals surface area (Å²) < 4.78 is 5.18. The Kier molecular flexibility index (Phi) is 4.00. The lowest BCUT2D eigenvalue weighted by Gasteiger charge is -2.18. The van der Waals surface area contributed by atoms with Gasteiger partial charge in [0.15, 0.2) is 0 Å². The number of hydrogen-bond acceptors (Lipinski definition) is 2. The quantitative estimate of drug-likeness (QED) is 0.862. The van der Waals surface area contributed by atoms with E-state index in [9.17, 15) is 5.11 Å². The Morgan fingerprint density at radius 3 is 2.53 bits per heavy atom. The summed E-state index contributed by atoms with van der Waals surface area (Å²) in [5, 5.41) is 9.82. The molecule has 0 radical (unpaired) electrons. The first-order valence-corrected chi connectivity index (χ1v) is 5.35. The highest BCUT2D eigenvalue weighted by Crippen LogP contribution is 2.35. The number of aliphatic hydroxyl groups excluding tert-OH is 1. The van der Waals surface area contributed by atoms with Crippen LogP contribution in [-0.4, -0.2) is 18.8 Å². The van der Waals surface area contributed by atoms with Crippen molar-refractivity contribution in [2.45, 2.75) is 26.7 Å². The number of methoxy groups -OCH3 is 1. The van der Waals surface area contributed by atoms with Crippen LogP contribution < -0.4 is 4.74 Å². The van der Waals surface area contributed by atoms with Gasteiger partial charge in [0.05, 0.1) is 12.1 Å². The van der Waals surface area contributed by atoms with E-state index in [4.69, 9.17) is 16.3 Å². The maximum absolute atomic E-state index is 9.18. The van der Waals surface area contributed by atoms with Gasteiger partial charge in [-0.2, -0.15) is 0 Å². The fraction of sp³-hybridized carbons (Fsp3) is 0.500. The van der Waals surface area contributed by atoms with Gasteiger partial charge in [0.1, 0.15) is 5.75 Å². The van der Waals surface area contributed by atoms with Crippen LogP contribution in [0.15, 0.2) is 6.07 Å². The number of rotatable bonds is 3. The average Bonchev–Trinajstić information content (AvgIpc) is 2.23. The van der Waals surface area contributed by atoms with Gasteiger partial charge in [-0.15, -0.1) is 0 Å². The van der Waals surface area contributed by atoms with Gasteiger partial charge in [-0.1, -0.05) is 18.5 Å². The van der Waals surface area contributed by atoms with Crippen molar-refractivity contribution in [3.8, 4) is 5.75 Å². The lowest BCUT2D eigenvalue weighted by molar-refractivity contribution is 0.272. The lowest BCUT2D eigenvalue weighted by atomic mass is 9.92. The van der Waals surface area contributed by atoms with E-state index in [1.807, 2.05) is 26.8 Å². The van der Waals surface area contributed by atoms with E-state index >= 15 is 0 Å². The number of aliphatic hydroxyl groups is 1. The molecule has 1 unspecified atom stereocenters. The SMILES string of the molecule is COc1cc(C)c(C(C)CO)c(C)c1Cl. The second-order valence-corrected chi connectivity index (χ2v) is 4.21. The summed E-state index contributed by atoms with van der Waals surface area (Å²) in [6.07, 6.45) is 0. The molecule has 3 heteroatoms. The Balaban J connectivity index is 3.35. The molecule has 1 aromatic rings. The van der Waals surface area contributed by atoms with Gasteiger partial charge < -0.3 is 9.84 Å². The van der Waals surface area contributed by atoms with Crippen molar-refractivity contribution in [2.75, 3.05) is 13.7 Å². The summed E-state index contributed by atoms with van der Waals surface area (Å²) in [6.45, 7) is 6.08. The fourth-order valence-electron chi connectivity index (χ4n) is 1.93. The zero-order valence-corrected chi connectivity index (χ0v) is 10.4. The Bertz CT molecular complexity index is 361. The number of halogens is 1. The third-order valence-corrected chi connectivity index (χ3v) is 3.18. The van der Waals surface area contributed by atoms with Crippen LogP contribution in [0.4, 0.5) is 0 Å². The minimum Gasteiger partial charge on any atom is -0.495 e. The third kappa shape index (κ3) is 2.27. The molecule has 0 bridgehead atoms. The smallest absolute Gasteiger partial charge is 0.138 e. The van der Waals surface area contributed by atoms with E-state index in [0.717, 1.165) is 16.7 Å². The van der Waals surface area contributed by atoms with Crippen LogP contribution in [0.1, 0.15) is 29.5 Å². The van der Waals surface area contributed by atoms with Crippen LogP contribution in [0, 0.1) is 13.8 Å². The van der Waals surface area contributed by atoms with Gasteiger partial charge in [-0.05, 0) is 36.6 Å². The highest BCUT2D eigenvalue weighted by molar-refractivity contribution is 6.33. The Labute approximate surface area is 95.8 Å². The molecule has 84 valence electrons. The van der Waals surface area contributed by atoms with E-state index in [1.165, 1.54) is 0 Å². The summed E-state index contributed by atoms with van der Waals surface area (Å²) in [4.78, 5) is 0. The van der Waals surface area contributed by atoms with Crippen molar-refractivity contribution in [3.05, 3.63) is 27.8 Å². The van der Waals surface area contributed by atoms with Crippen molar-refractivity contribution in [3.63, 3.8) is 0 Å².